The quantitative estimate of drug-likeness (QED) is 0.468. The molecule has 0 unspecified atom stereocenters. The van der Waals surface area contributed by atoms with E-state index in [1.807, 2.05) is 19.1 Å². The van der Waals surface area contributed by atoms with Gasteiger partial charge >= 0.3 is 0 Å². The van der Waals surface area contributed by atoms with E-state index in [9.17, 15) is 19.1 Å². The first-order valence-corrected chi connectivity index (χ1v) is 10.4. The summed E-state index contributed by atoms with van der Waals surface area (Å²) in [6, 6.07) is 17.6. The van der Waals surface area contributed by atoms with Gasteiger partial charge in [-0.3, -0.25) is 9.59 Å². The van der Waals surface area contributed by atoms with Crippen LogP contribution >= 0.6 is 11.8 Å². The van der Waals surface area contributed by atoms with E-state index in [1.165, 1.54) is 42.1 Å². The van der Waals surface area contributed by atoms with Gasteiger partial charge in [-0.1, -0.05) is 12.1 Å². The molecule has 0 aliphatic heterocycles. The average molecular weight is 424 g/mol. The van der Waals surface area contributed by atoms with E-state index < -0.39 is 0 Å². The molecule has 0 fully saturated rings. The van der Waals surface area contributed by atoms with Crippen molar-refractivity contribution in [2.75, 3.05) is 16.4 Å². The molecule has 0 atom stereocenters. The smallest absolute Gasteiger partial charge is 0.255 e. The number of hydrogen-bond acceptors (Lipinski definition) is 4. The largest absolute Gasteiger partial charge is 0.508 e. The number of aryl methyl sites for hydroxylation is 1. The van der Waals surface area contributed by atoms with E-state index in [2.05, 4.69) is 10.6 Å². The van der Waals surface area contributed by atoms with E-state index in [-0.39, 0.29) is 29.1 Å². The summed E-state index contributed by atoms with van der Waals surface area (Å²) in [4.78, 5) is 24.4. The Bertz CT molecular complexity index is 1040. The van der Waals surface area contributed by atoms with Crippen LogP contribution in [0.1, 0.15) is 21.5 Å². The Morgan fingerprint density at radius 3 is 2.33 bits per heavy atom. The number of carbonyl (C=O) groups is 2. The van der Waals surface area contributed by atoms with E-state index >= 15 is 0 Å². The SMILES string of the molecule is Cc1cc(O)ccc1NC(=O)c1ccc(CSCC(=O)Nc2ccc(F)cc2)cc1. The normalized spacial score (nSPS) is 10.5. The number of carbonyl (C=O) groups excluding carboxylic acids is 2. The monoisotopic (exact) mass is 424 g/mol. The Kier molecular flexibility index (Phi) is 7.08. The predicted octanol–water partition coefficient (Wildman–Crippen LogP) is 4.96. The highest BCUT2D eigenvalue weighted by Gasteiger charge is 2.09. The molecule has 0 spiro atoms. The molecule has 2 amide bonds. The molecular weight excluding hydrogens is 403 g/mol. The number of rotatable bonds is 7. The van der Waals surface area contributed by atoms with E-state index in [0.717, 1.165) is 11.1 Å². The molecule has 3 rings (SSSR count). The van der Waals surface area contributed by atoms with Crippen LogP contribution in [0.5, 0.6) is 5.75 Å². The molecule has 154 valence electrons. The second-order valence-corrected chi connectivity index (χ2v) is 7.68. The number of benzene rings is 3. The number of amides is 2. The van der Waals surface area contributed by atoms with Crippen molar-refractivity contribution < 1.29 is 19.1 Å². The molecular formula is C23H21FN2O3S. The molecule has 0 aromatic heterocycles. The summed E-state index contributed by atoms with van der Waals surface area (Å²) in [5.41, 5.74) is 3.48. The Balaban J connectivity index is 1.47. The van der Waals surface area contributed by atoms with Crippen LogP contribution < -0.4 is 10.6 Å². The number of phenols is 1. The highest BCUT2D eigenvalue weighted by Crippen LogP contribution is 2.21. The highest BCUT2D eigenvalue weighted by molar-refractivity contribution is 7.99. The number of aromatic hydroxyl groups is 1. The second kappa shape index (κ2) is 9.93. The minimum Gasteiger partial charge on any atom is -0.508 e. The molecule has 0 heterocycles. The van der Waals surface area contributed by atoms with Gasteiger partial charge in [-0.15, -0.1) is 11.8 Å². The average Bonchev–Trinajstić information content (AvgIpc) is 2.72. The molecule has 0 aliphatic rings. The van der Waals surface area contributed by atoms with Gasteiger partial charge in [0.1, 0.15) is 11.6 Å². The van der Waals surface area contributed by atoms with E-state index in [4.69, 9.17) is 0 Å². The van der Waals surface area contributed by atoms with Crippen LogP contribution in [0.25, 0.3) is 0 Å². The maximum atomic E-state index is 12.9. The minimum absolute atomic E-state index is 0.152. The van der Waals surface area contributed by atoms with Crippen LogP contribution in [0.3, 0.4) is 0 Å². The van der Waals surface area contributed by atoms with Crippen LogP contribution in [0.15, 0.2) is 66.7 Å². The van der Waals surface area contributed by atoms with Crippen molar-refractivity contribution in [1.82, 2.24) is 0 Å². The van der Waals surface area contributed by atoms with E-state index in [0.29, 0.717) is 22.7 Å². The van der Waals surface area contributed by atoms with Crippen molar-refractivity contribution >= 4 is 35.0 Å². The first-order chi connectivity index (χ1) is 14.4. The molecule has 7 heteroatoms. The molecule has 0 radical (unpaired) electrons. The molecule has 30 heavy (non-hydrogen) atoms. The number of thioether (sulfide) groups is 1. The molecule has 5 nitrogen and oxygen atoms in total. The lowest BCUT2D eigenvalue weighted by atomic mass is 10.1. The Morgan fingerprint density at radius 1 is 0.967 bits per heavy atom. The zero-order valence-electron chi connectivity index (χ0n) is 16.3. The third kappa shape index (κ3) is 6.09. The number of anilines is 2. The van der Waals surface area contributed by atoms with Gasteiger partial charge in [-0.05, 0) is 72.6 Å². The van der Waals surface area contributed by atoms with Crippen molar-refractivity contribution in [3.63, 3.8) is 0 Å². The molecule has 3 N–H and O–H groups in total. The van der Waals surface area contributed by atoms with Crippen LogP contribution in [-0.4, -0.2) is 22.7 Å². The Labute approximate surface area is 178 Å². The summed E-state index contributed by atoms with van der Waals surface area (Å²) in [6.07, 6.45) is 0. The summed E-state index contributed by atoms with van der Waals surface area (Å²) in [5.74, 6) is 0.292. The van der Waals surface area contributed by atoms with Gasteiger partial charge in [0.2, 0.25) is 5.91 Å². The van der Waals surface area contributed by atoms with Crippen molar-refractivity contribution in [3.05, 3.63) is 89.2 Å². The van der Waals surface area contributed by atoms with Gasteiger partial charge in [-0.2, -0.15) is 0 Å². The van der Waals surface area contributed by atoms with Crippen LogP contribution in [0.2, 0.25) is 0 Å². The third-order valence-electron chi connectivity index (χ3n) is 4.30. The van der Waals surface area contributed by atoms with Crippen molar-refractivity contribution in [3.8, 4) is 5.75 Å². The van der Waals surface area contributed by atoms with Crippen LogP contribution in [-0.2, 0) is 10.5 Å². The molecule has 0 saturated heterocycles. The zero-order valence-corrected chi connectivity index (χ0v) is 17.1. The van der Waals surface area contributed by atoms with Crippen LogP contribution in [0.4, 0.5) is 15.8 Å². The van der Waals surface area contributed by atoms with Crippen molar-refractivity contribution in [2.24, 2.45) is 0 Å². The highest BCUT2D eigenvalue weighted by atomic mass is 32.2. The first-order valence-electron chi connectivity index (χ1n) is 9.24. The minimum atomic E-state index is -0.349. The molecule has 3 aromatic rings. The van der Waals surface area contributed by atoms with Crippen LogP contribution in [0, 0.1) is 12.7 Å². The Hall–Kier alpha value is -3.32. The second-order valence-electron chi connectivity index (χ2n) is 6.70. The Morgan fingerprint density at radius 2 is 1.67 bits per heavy atom. The molecule has 0 aliphatic carbocycles. The fourth-order valence-corrected chi connectivity index (χ4v) is 3.51. The van der Waals surface area contributed by atoms with Gasteiger partial charge in [-0.25, -0.2) is 4.39 Å². The lowest BCUT2D eigenvalue weighted by Crippen LogP contribution is -2.14. The summed E-state index contributed by atoms with van der Waals surface area (Å²) in [5, 5.41) is 15.0. The first kappa shape index (κ1) is 21.4. The summed E-state index contributed by atoms with van der Waals surface area (Å²) in [7, 11) is 0. The number of phenolic OH excluding ortho intramolecular Hbond substituents is 1. The fourth-order valence-electron chi connectivity index (χ4n) is 2.73. The third-order valence-corrected chi connectivity index (χ3v) is 5.31. The van der Waals surface area contributed by atoms with Gasteiger partial charge < -0.3 is 15.7 Å². The standard InChI is InChI=1S/C23H21FN2O3S/c1-15-12-20(27)10-11-21(15)26-23(29)17-4-2-16(3-5-17)13-30-14-22(28)25-19-8-6-18(24)7-9-19/h2-12,27H,13-14H2,1H3,(H,25,28)(H,26,29). The number of hydrogen-bond donors (Lipinski definition) is 3. The maximum absolute atomic E-state index is 12.9. The maximum Gasteiger partial charge on any atom is 0.255 e. The van der Waals surface area contributed by atoms with Gasteiger partial charge in [0.05, 0.1) is 5.75 Å². The van der Waals surface area contributed by atoms with Gasteiger partial charge in [0, 0.05) is 22.7 Å². The van der Waals surface area contributed by atoms with E-state index in [1.54, 1.807) is 24.3 Å². The van der Waals surface area contributed by atoms with Crippen molar-refractivity contribution in [1.29, 1.82) is 0 Å². The summed E-state index contributed by atoms with van der Waals surface area (Å²) < 4.78 is 12.9. The van der Waals surface area contributed by atoms with Gasteiger partial charge in [0.15, 0.2) is 0 Å². The lowest BCUT2D eigenvalue weighted by molar-refractivity contribution is -0.113. The predicted molar refractivity (Wildman–Crippen MR) is 118 cm³/mol. The number of halogens is 1. The van der Waals surface area contributed by atoms with Gasteiger partial charge in [0.25, 0.3) is 5.91 Å². The zero-order chi connectivity index (χ0) is 21.5. The lowest BCUT2D eigenvalue weighted by Gasteiger charge is -2.09. The molecule has 0 saturated carbocycles. The summed E-state index contributed by atoms with van der Waals surface area (Å²) in [6.45, 7) is 1.81. The molecule has 3 aromatic carbocycles. The van der Waals surface area contributed by atoms with Crippen molar-refractivity contribution in [2.45, 2.75) is 12.7 Å². The molecule has 0 bridgehead atoms. The number of nitrogens with one attached hydrogen (secondary N) is 2. The topological polar surface area (TPSA) is 78.4 Å². The fraction of sp³-hybridized carbons (Fsp3) is 0.130. The summed E-state index contributed by atoms with van der Waals surface area (Å²) >= 11 is 1.45.